The van der Waals surface area contributed by atoms with Gasteiger partial charge in [-0.15, -0.1) is 0 Å². The molecule has 0 radical (unpaired) electrons. The summed E-state index contributed by atoms with van der Waals surface area (Å²) in [5.74, 6) is -0.321. The van der Waals surface area contributed by atoms with Crippen LogP contribution in [0.4, 0.5) is 0 Å². The summed E-state index contributed by atoms with van der Waals surface area (Å²) in [6, 6.07) is 4.40. The molecule has 0 aliphatic rings. The highest BCUT2D eigenvalue weighted by molar-refractivity contribution is 5.95. The number of carbonyl (C=O) groups excluding carboxylic acids is 1. The van der Waals surface area contributed by atoms with Gasteiger partial charge in [-0.1, -0.05) is 11.2 Å². The lowest BCUT2D eigenvalue weighted by molar-refractivity contribution is 0.0145. The highest BCUT2D eigenvalue weighted by Crippen LogP contribution is 2.26. The quantitative estimate of drug-likeness (QED) is 0.387. The molecule has 2 atom stereocenters. The maximum Gasteiger partial charge on any atom is 0.249 e. The van der Waals surface area contributed by atoms with Gasteiger partial charge >= 0.3 is 0 Å². The summed E-state index contributed by atoms with van der Waals surface area (Å²) in [6.45, 7) is 0.0385. The number of azide groups is 1. The molecule has 0 saturated carbocycles. The summed E-state index contributed by atoms with van der Waals surface area (Å²) in [7, 11) is 1.44. The van der Waals surface area contributed by atoms with Gasteiger partial charge in [-0.25, -0.2) is 0 Å². The fraction of sp³-hybridized carbons (Fsp3) is 0.417. The van der Waals surface area contributed by atoms with E-state index in [0.717, 1.165) is 0 Å². The molecule has 2 unspecified atom stereocenters. The van der Waals surface area contributed by atoms with Crippen LogP contribution in [0, 0.1) is 0 Å². The van der Waals surface area contributed by atoms with Crippen molar-refractivity contribution in [1.29, 1.82) is 0 Å². The number of rotatable bonds is 7. The zero-order valence-electron chi connectivity index (χ0n) is 10.9. The van der Waals surface area contributed by atoms with Crippen LogP contribution < -0.4 is 10.5 Å². The Bertz CT molecular complexity index is 528. The van der Waals surface area contributed by atoms with E-state index in [0.29, 0.717) is 5.75 Å². The molecule has 0 aromatic heterocycles. The van der Waals surface area contributed by atoms with E-state index in [1.54, 1.807) is 6.07 Å². The first-order valence-electron chi connectivity index (χ1n) is 5.86. The molecule has 1 amide bonds. The Labute approximate surface area is 115 Å². The Morgan fingerprint density at radius 2 is 2.25 bits per heavy atom. The molecule has 1 aromatic carbocycles. The molecule has 0 spiro atoms. The number of ether oxygens (including phenoxy) is 1. The SMILES string of the molecule is COc1ccc(C(O)C(O)CCN=[N+]=[N-])c(C(N)=O)c1. The monoisotopic (exact) mass is 280 g/mol. The molecule has 0 aliphatic carbocycles. The van der Waals surface area contributed by atoms with E-state index in [1.165, 1.54) is 19.2 Å². The number of hydrogen-bond acceptors (Lipinski definition) is 5. The number of methoxy groups -OCH3 is 1. The number of aliphatic hydroxyl groups excluding tert-OH is 2. The van der Waals surface area contributed by atoms with Gasteiger partial charge in [-0.2, -0.15) is 0 Å². The van der Waals surface area contributed by atoms with Crippen LogP contribution in [-0.4, -0.2) is 35.9 Å². The molecule has 0 bridgehead atoms. The number of nitrogens with two attached hydrogens (primary N) is 1. The van der Waals surface area contributed by atoms with Gasteiger partial charge in [0.05, 0.1) is 13.2 Å². The second-order valence-electron chi connectivity index (χ2n) is 4.07. The van der Waals surface area contributed by atoms with E-state index >= 15 is 0 Å². The molecule has 1 aromatic rings. The van der Waals surface area contributed by atoms with Crippen LogP contribution in [-0.2, 0) is 0 Å². The van der Waals surface area contributed by atoms with Crippen LogP contribution in [0.25, 0.3) is 10.4 Å². The average Bonchev–Trinajstić information content (AvgIpc) is 2.45. The number of hydrogen-bond donors (Lipinski definition) is 3. The summed E-state index contributed by atoms with van der Waals surface area (Å²) >= 11 is 0. The summed E-state index contributed by atoms with van der Waals surface area (Å²) in [4.78, 5) is 13.9. The normalized spacial score (nSPS) is 13.2. The molecule has 0 fully saturated rings. The van der Waals surface area contributed by atoms with Crippen molar-refractivity contribution in [3.05, 3.63) is 39.8 Å². The average molecular weight is 280 g/mol. The summed E-state index contributed by atoms with van der Waals surface area (Å²) in [5.41, 5.74) is 13.7. The maximum absolute atomic E-state index is 11.4. The van der Waals surface area contributed by atoms with Crippen LogP contribution in [0.1, 0.15) is 28.4 Å². The summed E-state index contributed by atoms with van der Waals surface area (Å²) in [6.07, 6.45) is -2.42. The van der Waals surface area contributed by atoms with Crippen molar-refractivity contribution >= 4 is 5.91 Å². The van der Waals surface area contributed by atoms with Gasteiger partial charge in [0.25, 0.3) is 0 Å². The largest absolute Gasteiger partial charge is 0.497 e. The third-order valence-corrected chi connectivity index (χ3v) is 2.80. The minimum absolute atomic E-state index is 0.0385. The topological polar surface area (TPSA) is 142 Å². The van der Waals surface area contributed by atoms with E-state index in [2.05, 4.69) is 10.0 Å². The van der Waals surface area contributed by atoms with Gasteiger partial charge in [0, 0.05) is 17.0 Å². The van der Waals surface area contributed by atoms with Crippen molar-refractivity contribution in [3.63, 3.8) is 0 Å². The minimum atomic E-state index is -1.31. The molecule has 20 heavy (non-hydrogen) atoms. The van der Waals surface area contributed by atoms with Crippen molar-refractivity contribution in [2.75, 3.05) is 13.7 Å². The van der Waals surface area contributed by atoms with Crippen LogP contribution in [0.5, 0.6) is 5.75 Å². The molecule has 0 aliphatic heterocycles. The van der Waals surface area contributed by atoms with Crippen LogP contribution in [0.3, 0.4) is 0 Å². The van der Waals surface area contributed by atoms with Gasteiger partial charge in [0.2, 0.25) is 5.91 Å². The van der Waals surface area contributed by atoms with Crippen molar-refractivity contribution in [3.8, 4) is 5.75 Å². The molecule has 0 heterocycles. The van der Waals surface area contributed by atoms with Gasteiger partial charge in [-0.3, -0.25) is 4.79 Å². The molecular formula is C12H16N4O4. The molecular weight excluding hydrogens is 264 g/mol. The molecule has 108 valence electrons. The Morgan fingerprint density at radius 1 is 1.55 bits per heavy atom. The number of primary amides is 1. The van der Waals surface area contributed by atoms with E-state index in [-0.39, 0.29) is 24.1 Å². The standard InChI is InChI=1S/C12H16N4O4/c1-20-7-2-3-8(9(6-7)12(13)19)11(18)10(17)4-5-15-16-14/h2-3,6,10-11,17-18H,4-5H2,1H3,(H2,13,19). The number of nitrogens with zero attached hydrogens (tertiary/aromatic N) is 3. The number of aliphatic hydroxyl groups is 2. The maximum atomic E-state index is 11.4. The Morgan fingerprint density at radius 3 is 2.80 bits per heavy atom. The lowest BCUT2D eigenvalue weighted by Crippen LogP contribution is -2.23. The summed E-state index contributed by atoms with van der Waals surface area (Å²) in [5, 5.41) is 23.1. The first-order chi connectivity index (χ1) is 9.51. The van der Waals surface area contributed by atoms with E-state index in [4.69, 9.17) is 16.0 Å². The predicted molar refractivity (Wildman–Crippen MR) is 71.1 cm³/mol. The van der Waals surface area contributed by atoms with E-state index in [9.17, 15) is 15.0 Å². The molecule has 1 rings (SSSR count). The first kappa shape index (κ1) is 15.8. The smallest absolute Gasteiger partial charge is 0.249 e. The Balaban J connectivity index is 2.99. The zero-order valence-corrected chi connectivity index (χ0v) is 10.9. The highest BCUT2D eigenvalue weighted by Gasteiger charge is 2.23. The second kappa shape index (κ2) is 7.34. The number of carbonyl (C=O) groups is 1. The third kappa shape index (κ3) is 3.86. The molecule has 8 heteroatoms. The van der Waals surface area contributed by atoms with Gasteiger partial charge in [0.15, 0.2) is 0 Å². The van der Waals surface area contributed by atoms with Crippen molar-refractivity contribution in [1.82, 2.24) is 0 Å². The lowest BCUT2D eigenvalue weighted by atomic mass is 9.96. The van der Waals surface area contributed by atoms with Crippen molar-refractivity contribution in [2.45, 2.75) is 18.6 Å². The molecule has 8 nitrogen and oxygen atoms in total. The molecule has 0 saturated heterocycles. The van der Waals surface area contributed by atoms with Crippen LogP contribution in [0.2, 0.25) is 0 Å². The number of benzene rings is 1. The first-order valence-corrected chi connectivity index (χ1v) is 5.86. The van der Waals surface area contributed by atoms with Crippen LogP contribution in [0.15, 0.2) is 23.3 Å². The minimum Gasteiger partial charge on any atom is -0.497 e. The van der Waals surface area contributed by atoms with E-state index < -0.39 is 18.1 Å². The summed E-state index contributed by atoms with van der Waals surface area (Å²) < 4.78 is 4.97. The third-order valence-electron chi connectivity index (χ3n) is 2.80. The van der Waals surface area contributed by atoms with E-state index in [1.807, 2.05) is 0 Å². The fourth-order valence-electron chi connectivity index (χ4n) is 1.73. The van der Waals surface area contributed by atoms with Gasteiger partial charge in [0.1, 0.15) is 11.9 Å². The van der Waals surface area contributed by atoms with Crippen molar-refractivity contribution in [2.24, 2.45) is 10.8 Å². The van der Waals surface area contributed by atoms with Gasteiger partial charge in [-0.05, 0) is 29.6 Å². The van der Waals surface area contributed by atoms with Gasteiger partial charge < -0.3 is 20.7 Å². The molecule has 4 N–H and O–H groups in total. The van der Waals surface area contributed by atoms with Crippen molar-refractivity contribution < 1.29 is 19.7 Å². The lowest BCUT2D eigenvalue weighted by Gasteiger charge is -2.19. The zero-order chi connectivity index (χ0) is 15.1. The Hall–Kier alpha value is -2.28. The van der Waals surface area contributed by atoms with Crippen LogP contribution >= 0.6 is 0 Å². The highest BCUT2D eigenvalue weighted by atomic mass is 16.5. The fourth-order valence-corrected chi connectivity index (χ4v) is 1.73. The Kier molecular flexibility index (Phi) is 5.79. The predicted octanol–water partition coefficient (Wildman–Crippen LogP) is 0.889. The number of amides is 1. The second-order valence-corrected chi connectivity index (χ2v) is 4.07.